The molecule has 318 valence electrons. The molecule has 3 amide bonds. The lowest BCUT2D eigenvalue weighted by atomic mass is 9.91. The number of aromatic nitrogens is 2. The summed E-state index contributed by atoms with van der Waals surface area (Å²) in [6, 6.07) is 15.4. The molecule has 3 aromatic carbocycles. The molecule has 1 unspecified atom stereocenters. The number of halogens is 2. The van der Waals surface area contributed by atoms with Gasteiger partial charge >= 0.3 is 12.2 Å². The average Bonchev–Trinajstić information content (AvgIpc) is 3.87. The number of rotatable bonds is 7. The second-order valence-corrected chi connectivity index (χ2v) is 19.5. The first kappa shape index (κ1) is 39.5. The highest BCUT2D eigenvalue weighted by atomic mass is 19.3. The lowest BCUT2D eigenvalue weighted by molar-refractivity contribution is -0.135. The molecule has 1 aromatic heterocycles. The molecule has 2 saturated carbocycles. The van der Waals surface area contributed by atoms with Crippen molar-refractivity contribution in [2.75, 3.05) is 13.7 Å². The molecule has 2 saturated heterocycles. The molecule has 4 fully saturated rings. The molecular weight excluding hydrogens is 779 g/mol. The number of piperidine rings is 1. The Morgan fingerprint density at radius 3 is 2.33 bits per heavy atom. The second kappa shape index (κ2) is 14.0. The number of ether oxygens (including phenoxy) is 2. The third-order valence-corrected chi connectivity index (χ3v) is 13.9. The van der Waals surface area contributed by atoms with Crippen molar-refractivity contribution in [1.82, 2.24) is 25.1 Å². The maximum atomic E-state index is 16.6. The number of aromatic amines is 1. The minimum absolute atomic E-state index is 0.0250. The van der Waals surface area contributed by atoms with Gasteiger partial charge in [0.25, 0.3) is 5.92 Å². The van der Waals surface area contributed by atoms with Crippen LogP contribution in [-0.4, -0.2) is 81.0 Å². The van der Waals surface area contributed by atoms with Crippen molar-refractivity contribution in [3.05, 3.63) is 83.3 Å². The normalized spacial score (nSPS) is 24.1. The van der Waals surface area contributed by atoms with Gasteiger partial charge in [0, 0.05) is 41.4 Å². The Balaban J connectivity index is 0.877. The molecule has 5 atom stereocenters. The zero-order valence-corrected chi connectivity index (χ0v) is 35.5. The van der Waals surface area contributed by atoms with Gasteiger partial charge in [0.05, 0.1) is 36.8 Å². The van der Waals surface area contributed by atoms with Crippen LogP contribution < -0.4 is 5.32 Å². The van der Waals surface area contributed by atoms with Crippen LogP contribution in [0.1, 0.15) is 102 Å². The Kier molecular flexibility index (Phi) is 9.05. The molecule has 6 aliphatic rings. The van der Waals surface area contributed by atoms with Gasteiger partial charge in [-0.3, -0.25) is 14.7 Å². The van der Waals surface area contributed by atoms with Crippen molar-refractivity contribution in [1.29, 1.82) is 0 Å². The first-order chi connectivity index (χ1) is 29.0. The molecule has 2 N–H and O–H groups in total. The highest BCUT2D eigenvalue weighted by Gasteiger charge is 2.56. The van der Waals surface area contributed by atoms with E-state index in [1.165, 1.54) is 7.11 Å². The number of hydrogen-bond donors (Lipinski definition) is 2. The van der Waals surface area contributed by atoms with Gasteiger partial charge in [-0.05, 0) is 129 Å². The highest BCUT2D eigenvalue weighted by molar-refractivity contribution is 6.00. The number of hydrogen-bond acceptors (Lipinski definition) is 7. The van der Waals surface area contributed by atoms with Gasteiger partial charge in [-0.15, -0.1) is 0 Å². The minimum Gasteiger partial charge on any atom is -0.453 e. The molecule has 3 aliphatic heterocycles. The summed E-state index contributed by atoms with van der Waals surface area (Å²) in [5.41, 5.74) is 5.85. The van der Waals surface area contributed by atoms with Crippen LogP contribution >= 0.6 is 0 Å². The van der Waals surface area contributed by atoms with Gasteiger partial charge in [-0.1, -0.05) is 44.2 Å². The number of nitrogens with one attached hydrogen (secondary N) is 2. The Hall–Kier alpha value is -5.59. The van der Waals surface area contributed by atoms with Crippen molar-refractivity contribution in [2.45, 2.75) is 115 Å². The fourth-order valence-electron chi connectivity index (χ4n) is 10.7. The second-order valence-electron chi connectivity index (χ2n) is 19.5. The van der Waals surface area contributed by atoms with E-state index in [1.54, 1.807) is 30.5 Å². The summed E-state index contributed by atoms with van der Waals surface area (Å²) in [5.74, 6) is -2.66. The zero-order valence-electron chi connectivity index (χ0n) is 35.5. The predicted octanol–water partition coefficient (Wildman–Crippen LogP) is 9.71. The molecule has 4 aromatic rings. The Morgan fingerprint density at radius 2 is 1.64 bits per heavy atom. The lowest BCUT2D eigenvalue weighted by Crippen LogP contribution is -2.51. The quantitative estimate of drug-likeness (QED) is 0.191. The van der Waals surface area contributed by atoms with E-state index in [9.17, 15) is 14.4 Å². The number of carbonyl (C=O) groups is 3. The Morgan fingerprint density at radius 1 is 0.951 bits per heavy atom. The van der Waals surface area contributed by atoms with E-state index >= 15 is 8.78 Å². The van der Waals surface area contributed by atoms with E-state index in [1.807, 2.05) is 68.7 Å². The summed E-state index contributed by atoms with van der Waals surface area (Å²) in [5, 5.41) is 2.71. The maximum absolute atomic E-state index is 16.6. The number of fused-ring (bicyclic) bond motifs is 6. The average molecular weight is 831 g/mol. The maximum Gasteiger partial charge on any atom is 0.411 e. The minimum atomic E-state index is -3.25. The summed E-state index contributed by atoms with van der Waals surface area (Å²) in [6.45, 7) is 9.99. The lowest BCUT2D eigenvalue weighted by Gasteiger charge is -2.36. The van der Waals surface area contributed by atoms with Gasteiger partial charge in [0.15, 0.2) is 0 Å². The molecule has 2 bridgehead atoms. The number of alkyl carbamates (subject to hydrolysis) is 1. The number of nitrogens with zero attached hydrogens (tertiary/aromatic N) is 4. The summed E-state index contributed by atoms with van der Waals surface area (Å²) in [6.07, 6.45) is 7.06. The van der Waals surface area contributed by atoms with Crippen LogP contribution in [0.3, 0.4) is 0 Å². The van der Waals surface area contributed by atoms with Gasteiger partial charge in [-0.25, -0.2) is 14.6 Å². The predicted molar refractivity (Wildman–Crippen MR) is 227 cm³/mol. The smallest absolute Gasteiger partial charge is 0.411 e. The number of carbonyl (C=O) groups excluding carboxylic acids is 3. The van der Waals surface area contributed by atoms with Crippen molar-refractivity contribution in [3.63, 3.8) is 0 Å². The third kappa shape index (κ3) is 6.69. The van der Waals surface area contributed by atoms with Crippen molar-refractivity contribution >= 4 is 29.5 Å². The summed E-state index contributed by atoms with van der Waals surface area (Å²) < 4.78 is 43.9. The molecule has 10 rings (SSSR count). The van der Waals surface area contributed by atoms with Crippen LogP contribution in [0.2, 0.25) is 0 Å². The SMILES string of the molecule is COC(=O)N[C@H](C(=O)N1CC2(CC2)C[C@H]1c1ncc(-c2ccc3c(c2)C(F)(F)c2cc(-c4ccc5c(c4)CC(C4[C@H]6CC[C@H](C6)N4C(=O)OC(C)(C)C)=N5)ccc2-3)[nH]1)C(C)C. The number of likely N-dealkylation sites (tertiary alicyclic amines) is 2. The number of benzene rings is 3. The summed E-state index contributed by atoms with van der Waals surface area (Å²) in [7, 11) is 1.27. The van der Waals surface area contributed by atoms with Gasteiger partial charge in [-0.2, -0.15) is 8.78 Å². The fourth-order valence-corrected chi connectivity index (χ4v) is 10.7. The number of amides is 3. The van der Waals surface area contributed by atoms with Crippen molar-refractivity contribution < 1.29 is 32.6 Å². The molecule has 1 spiro atoms. The van der Waals surface area contributed by atoms with Crippen molar-refractivity contribution in [2.24, 2.45) is 22.2 Å². The number of H-pyrrole nitrogens is 1. The Bertz CT molecular complexity index is 2520. The summed E-state index contributed by atoms with van der Waals surface area (Å²) in [4.78, 5) is 56.3. The summed E-state index contributed by atoms with van der Waals surface area (Å²) >= 11 is 0. The van der Waals surface area contributed by atoms with Gasteiger partial charge < -0.3 is 24.7 Å². The van der Waals surface area contributed by atoms with Gasteiger partial charge in [0.2, 0.25) is 5.91 Å². The third-order valence-electron chi connectivity index (χ3n) is 13.9. The first-order valence-corrected chi connectivity index (χ1v) is 21.6. The first-order valence-electron chi connectivity index (χ1n) is 21.6. The van der Waals surface area contributed by atoms with Crippen LogP contribution in [-0.2, 0) is 26.6 Å². The van der Waals surface area contributed by atoms with Crippen molar-refractivity contribution in [3.8, 4) is 33.5 Å². The molecule has 61 heavy (non-hydrogen) atoms. The van der Waals surface area contributed by atoms with E-state index in [0.717, 1.165) is 61.1 Å². The monoisotopic (exact) mass is 830 g/mol. The van der Waals surface area contributed by atoms with E-state index in [0.29, 0.717) is 52.7 Å². The number of imidazole rings is 1. The van der Waals surface area contributed by atoms with E-state index < -0.39 is 23.7 Å². The van der Waals surface area contributed by atoms with Crippen LogP contribution in [0, 0.1) is 17.3 Å². The van der Waals surface area contributed by atoms with E-state index in [2.05, 4.69) is 16.4 Å². The van der Waals surface area contributed by atoms with E-state index in [4.69, 9.17) is 19.5 Å². The van der Waals surface area contributed by atoms with Gasteiger partial charge in [0.1, 0.15) is 17.5 Å². The van der Waals surface area contributed by atoms with E-state index in [-0.39, 0.29) is 52.6 Å². The van der Waals surface area contributed by atoms with Crippen LogP contribution in [0.25, 0.3) is 33.5 Å². The number of methoxy groups -OCH3 is 1. The standard InChI is InChI=1S/C48H52F2N6O5/c1-25(2)40(54-44(58)60-6)43(57)55-24-47(15-16-47)22-39(55)42-51-23-38(53-42)28-9-13-33-32-12-8-27(19-34(32)48(49,50)35(33)20-28)26-10-14-36-30(17-26)21-37(52-36)41-29-7-11-31(18-29)56(41)45(59)61-46(3,4)5/h8-10,12-14,17,19-20,23,25,29,31,39-41H,7,11,15-16,18,21-22,24H2,1-6H3,(H,51,53)(H,54,58)/t29-,31+,39-,40-,41?/m0/s1. The molecule has 13 heteroatoms. The number of aliphatic imine (C=N–C) groups is 1. The molecule has 0 radical (unpaired) electrons. The van der Waals surface area contributed by atoms with Crippen LogP contribution in [0.4, 0.5) is 24.1 Å². The van der Waals surface area contributed by atoms with Crippen LogP contribution in [0.5, 0.6) is 0 Å². The molecule has 3 aliphatic carbocycles. The fraction of sp³-hybridized carbons (Fsp3) is 0.479. The van der Waals surface area contributed by atoms with Crippen LogP contribution in [0.15, 0.2) is 65.8 Å². The molecular formula is C48H52F2N6O5. The molecule has 11 nitrogen and oxygen atoms in total. The Labute approximate surface area is 354 Å². The molecule has 4 heterocycles. The topological polar surface area (TPSA) is 129 Å². The highest BCUT2D eigenvalue weighted by Crippen LogP contribution is 2.59. The zero-order chi connectivity index (χ0) is 42.7. The number of alkyl halides is 2. The largest absolute Gasteiger partial charge is 0.453 e.